The van der Waals surface area contributed by atoms with Crippen LogP contribution in [0.4, 0.5) is 0 Å². The zero-order chi connectivity index (χ0) is 33.0. The van der Waals surface area contributed by atoms with Crippen LogP contribution in [0.5, 0.6) is 17.2 Å². The van der Waals surface area contributed by atoms with Crippen molar-refractivity contribution in [2.24, 2.45) is 0 Å². The molecule has 1 aliphatic heterocycles. The predicted octanol–water partition coefficient (Wildman–Crippen LogP) is 9.00. The maximum atomic E-state index is 13.0. The van der Waals surface area contributed by atoms with Gasteiger partial charge in [-0.15, -0.1) is 0 Å². The minimum absolute atomic E-state index is 0.137. The molecule has 1 N–H and O–H groups in total. The highest BCUT2D eigenvalue weighted by Gasteiger charge is 2.27. The lowest BCUT2D eigenvalue weighted by atomic mass is 10.1. The number of phosphoric ester groups is 1. The molecule has 10 heteroatoms. The van der Waals surface area contributed by atoms with Gasteiger partial charge in [0.2, 0.25) is 0 Å². The van der Waals surface area contributed by atoms with Gasteiger partial charge in [-0.2, -0.15) is 0 Å². The Hall–Kier alpha value is -2.71. The lowest BCUT2D eigenvalue weighted by Crippen LogP contribution is -2.27. The van der Waals surface area contributed by atoms with E-state index in [0.29, 0.717) is 31.3 Å². The molecule has 1 heterocycles. The van der Waals surface area contributed by atoms with Gasteiger partial charge in [0.25, 0.3) is 0 Å². The van der Waals surface area contributed by atoms with Crippen molar-refractivity contribution in [3.63, 3.8) is 0 Å². The first kappa shape index (κ1) is 37.7. The summed E-state index contributed by atoms with van der Waals surface area (Å²) in [6.07, 6.45) is 16.2. The molecule has 1 aliphatic rings. The molecule has 2 aromatic rings. The van der Waals surface area contributed by atoms with Gasteiger partial charge in [0, 0.05) is 43.2 Å². The molecule has 0 aromatic heterocycles. The van der Waals surface area contributed by atoms with Crippen LogP contribution >= 0.6 is 7.82 Å². The molecular formula is C36H56N2O7P. The lowest BCUT2D eigenvalue weighted by Gasteiger charge is -2.22. The molecule has 0 saturated heterocycles. The summed E-state index contributed by atoms with van der Waals surface area (Å²) in [4.78, 5) is 14.6. The number of hydrogen-bond donors (Lipinski definition) is 1. The normalized spacial score (nSPS) is 14.8. The smallest absolute Gasteiger partial charge is 0.493 e. The molecule has 2 aromatic carbocycles. The standard InChI is InChI=1S/C36H56N2O7P/c1-5-8-9-10-11-12-13-14-15-18-26-42-34-22-19-23-35(31(34)4)43-28-33(41-7-3)29-44-46(39,40)45-36-21-17-16-20-32(36)27-38-25-24-37(6-2)30-38/h16-17,19-25,30,33H,5-15,18,26-29H2,1-4H3,(H,39,40). The summed E-state index contributed by atoms with van der Waals surface area (Å²) >= 11 is 0. The summed E-state index contributed by atoms with van der Waals surface area (Å²) < 4.78 is 41.8. The van der Waals surface area contributed by atoms with Gasteiger partial charge in [0.15, 0.2) is 0 Å². The first-order valence-corrected chi connectivity index (χ1v) is 18.6. The van der Waals surface area contributed by atoms with Gasteiger partial charge in [-0.05, 0) is 45.4 Å². The minimum Gasteiger partial charge on any atom is -0.493 e. The van der Waals surface area contributed by atoms with E-state index in [1.54, 1.807) is 12.1 Å². The van der Waals surface area contributed by atoms with Gasteiger partial charge in [-0.1, -0.05) is 89.0 Å². The number of ether oxygens (including phenoxy) is 3. The van der Waals surface area contributed by atoms with Gasteiger partial charge in [0.05, 0.1) is 13.2 Å². The van der Waals surface area contributed by atoms with Crippen LogP contribution in [-0.2, 0) is 20.4 Å². The fourth-order valence-corrected chi connectivity index (χ4v) is 6.04. The average Bonchev–Trinajstić information content (AvgIpc) is 3.51. The van der Waals surface area contributed by atoms with E-state index in [1.807, 2.05) is 73.0 Å². The summed E-state index contributed by atoms with van der Waals surface area (Å²) in [6.45, 7) is 12.5. The van der Waals surface area contributed by atoms with E-state index in [2.05, 4.69) is 13.8 Å². The van der Waals surface area contributed by atoms with Gasteiger partial charge >= 0.3 is 7.82 Å². The third-order valence-electron chi connectivity index (χ3n) is 7.89. The molecule has 0 saturated carbocycles. The van der Waals surface area contributed by atoms with E-state index < -0.39 is 13.9 Å². The van der Waals surface area contributed by atoms with E-state index >= 15 is 0 Å². The average molecular weight is 660 g/mol. The van der Waals surface area contributed by atoms with Gasteiger partial charge in [-0.3, -0.25) is 9.42 Å². The fraction of sp³-hybridized carbons (Fsp3) is 0.583. The Kier molecular flexibility index (Phi) is 17.4. The summed E-state index contributed by atoms with van der Waals surface area (Å²) in [5, 5.41) is 0. The Morgan fingerprint density at radius 3 is 2.07 bits per heavy atom. The van der Waals surface area contributed by atoms with E-state index in [1.165, 1.54) is 57.8 Å². The molecule has 3 rings (SSSR count). The quantitative estimate of drug-likeness (QED) is 0.0828. The second kappa shape index (κ2) is 21.2. The topological polar surface area (TPSA) is 89.9 Å². The fourth-order valence-electron chi connectivity index (χ4n) is 5.21. The second-order valence-corrected chi connectivity index (χ2v) is 13.1. The van der Waals surface area contributed by atoms with Crippen LogP contribution < -0.4 is 14.0 Å². The number of para-hydroxylation sites is 1. The highest BCUT2D eigenvalue weighted by molar-refractivity contribution is 7.47. The molecule has 0 amide bonds. The molecule has 2 atom stereocenters. The van der Waals surface area contributed by atoms with Gasteiger partial charge in [-0.25, -0.2) is 4.57 Å². The molecule has 1 radical (unpaired) electrons. The Bertz CT molecular complexity index is 1210. The number of unbranched alkanes of at least 4 members (excludes halogenated alkanes) is 9. The van der Waals surface area contributed by atoms with Crippen molar-refractivity contribution < 1.29 is 32.7 Å². The van der Waals surface area contributed by atoms with E-state index in [4.69, 9.17) is 23.3 Å². The molecular weight excluding hydrogens is 603 g/mol. The lowest BCUT2D eigenvalue weighted by molar-refractivity contribution is -0.00730. The molecule has 9 nitrogen and oxygen atoms in total. The van der Waals surface area contributed by atoms with Crippen LogP contribution in [0.15, 0.2) is 54.9 Å². The second-order valence-electron chi connectivity index (χ2n) is 11.7. The highest BCUT2D eigenvalue weighted by Crippen LogP contribution is 2.45. The Morgan fingerprint density at radius 1 is 0.761 bits per heavy atom. The van der Waals surface area contributed by atoms with Gasteiger partial charge < -0.3 is 28.5 Å². The van der Waals surface area contributed by atoms with Crippen LogP contribution in [0, 0.1) is 13.6 Å². The SMILES string of the molecule is CCCCCCCCCCCCOc1cccc(OCC(COP(=O)(O)Oc2ccccc2CN2[CH]N(CC)C=C2)OCC)c1C. The van der Waals surface area contributed by atoms with Crippen molar-refractivity contribution in [1.29, 1.82) is 0 Å². The van der Waals surface area contributed by atoms with Crippen molar-refractivity contribution in [3.05, 3.63) is 72.7 Å². The number of rotatable bonds is 25. The Balaban J connectivity index is 1.42. The molecule has 46 heavy (non-hydrogen) atoms. The van der Waals surface area contributed by atoms with E-state index in [9.17, 15) is 9.46 Å². The zero-order valence-corrected chi connectivity index (χ0v) is 29.3. The van der Waals surface area contributed by atoms with Crippen LogP contribution in [0.2, 0.25) is 0 Å². The van der Waals surface area contributed by atoms with E-state index in [0.717, 1.165) is 29.8 Å². The molecule has 2 unspecified atom stereocenters. The van der Waals surface area contributed by atoms with Crippen LogP contribution in [-0.4, -0.2) is 53.8 Å². The number of phosphoric acid groups is 1. The third kappa shape index (κ3) is 14.0. The van der Waals surface area contributed by atoms with Crippen molar-refractivity contribution in [2.75, 3.05) is 33.0 Å². The highest BCUT2D eigenvalue weighted by atomic mass is 31.2. The van der Waals surface area contributed by atoms with Crippen LogP contribution in [0.25, 0.3) is 0 Å². The summed E-state index contributed by atoms with van der Waals surface area (Å²) in [5.41, 5.74) is 1.67. The van der Waals surface area contributed by atoms with Crippen molar-refractivity contribution >= 4 is 7.82 Å². The third-order valence-corrected chi connectivity index (χ3v) is 8.79. The first-order chi connectivity index (χ1) is 22.3. The summed E-state index contributed by atoms with van der Waals surface area (Å²) in [7, 11) is -4.44. The monoisotopic (exact) mass is 659 g/mol. The van der Waals surface area contributed by atoms with Crippen molar-refractivity contribution in [3.8, 4) is 17.2 Å². The molecule has 257 valence electrons. The maximum Gasteiger partial charge on any atom is 0.527 e. The van der Waals surface area contributed by atoms with Crippen molar-refractivity contribution in [1.82, 2.24) is 9.80 Å². The number of nitrogens with zero attached hydrogens (tertiary/aromatic N) is 2. The van der Waals surface area contributed by atoms with Gasteiger partial charge in [0.1, 0.15) is 36.6 Å². The molecule has 0 bridgehead atoms. The first-order valence-electron chi connectivity index (χ1n) is 17.1. The number of hydrogen-bond acceptors (Lipinski definition) is 8. The number of benzene rings is 2. The van der Waals surface area contributed by atoms with Crippen LogP contribution in [0.1, 0.15) is 96.1 Å². The molecule has 0 fully saturated rings. The Labute approximate surface area is 277 Å². The molecule has 0 spiro atoms. The molecule has 0 aliphatic carbocycles. The maximum absolute atomic E-state index is 13.0. The minimum atomic E-state index is -4.44. The largest absolute Gasteiger partial charge is 0.527 e. The Morgan fingerprint density at radius 2 is 1.39 bits per heavy atom. The summed E-state index contributed by atoms with van der Waals surface area (Å²) in [5.74, 6) is 1.77. The van der Waals surface area contributed by atoms with E-state index in [-0.39, 0.29) is 13.2 Å². The predicted molar refractivity (Wildman–Crippen MR) is 184 cm³/mol. The van der Waals surface area contributed by atoms with Crippen LogP contribution in [0.3, 0.4) is 0 Å². The summed E-state index contributed by atoms with van der Waals surface area (Å²) in [6, 6.07) is 12.9. The van der Waals surface area contributed by atoms with Crippen molar-refractivity contribution in [2.45, 2.75) is 105 Å². The zero-order valence-electron chi connectivity index (χ0n) is 28.4.